The molecule has 0 heterocycles. The third-order valence-corrected chi connectivity index (χ3v) is 26.2. The van der Waals surface area contributed by atoms with E-state index in [1.807, 2.05) is 0 Å². The molecule has 33 heavy (non-hydrogen) atoms. The fraction of sp³-hybridized carbons (Fsp3) is 0. The van der Waals surface area contributed by atoms with Crippen LogP contribution in [-0.2, 0) is 0 Å². The highest BCUT2D eigenvalue weighted by molar-refractivity contribution is 8.21. The van der Waals surface area contributed by atoms with E-state index in [2.05, 4.69) is 152 Å². The van der Waals surface area contributed by atoms with Crippen LogP contribution in [0.5, 0.6) is 0 Å². The molecule has 0 aliphatic heterocycles. The normalized spacial score (nSPS) is 11.2. The van der Waals surface area contributed by atoms with Gasteiger partial charge in [0.1, 0.15) is 16.9 Å². The molecule has 0 radical (unpaired) electrons. The molecule has 0 bridgehead atoms. The van der Waals surface area contributed by atoms with Gasteiger partial charge >= 0.3 is 0 Å². The molecule has 0 nitrogen and oxygen atoms in total. The second-order valence-electron chi connectivity index (χ2n) is 8.19. The van der Waals surface area contributed by atoms with Gasteiger partial charge in [-0.1, -0.05) is 179 Å². The number of benzene rings is 5. The summed E-state index contributed by atoms with van der Waals surface area (Å²) in [5.41, 5.74) is 0. The van der Waals surface area contributed by atoms with Crippen molar-refractivity contribution in [2.24, 2.45) is 0 Å². The van der Waals surface area contributed by atoms with E-state index in [1.165, 1.54) is 0 Å². The van der Waals surface area contributed by atoms with Crippen LogP contribution in [0.15, 0.2) is 152 Å². The number of hydrogen-bond acceptors (Lipinski definition) is 0. The molecule has 0 unspecified atom stereocenters. The topological polar surface area (TPSA) is 0 Å². The van der Waals surface area contributed by atoms with Gasteiger partial charge in [-0.15, -0.1) is 0 Å². The zero-order chi connectivity index (χ0) is 22.3. The minimum Gasteiger partial charge on any atom is -0.0859 e. The average molecular weight is 475 g/mol. The molecule has 0 N–H and O–H groups in total. The first-order valence-corrected chi connectivity index (χ1v) is 18.3. The van der Waals surface area contributed by atoms with Gasteiger partial charge < -0.3 is 0 Å². The van der Waals surface area contributed by atoms with E-state index in [1.54, 1.807) is 26.1 Å². The molecule has 160 valence electrons. The van der Waals surface area contributed by atoms with Gasteiger partial charge in [-0.05, 0) is 5.30 Å². The summed E-state index contributed by atoms with van der Waals surface area (Å²) in [6.07, 6.45) is 0. The summed E-state index contributed by atoms with van der Waals surface area (Å²) in [6.45, 7) is 0. The monoisotopic (exact) mass is 474 g/mol. The first-order chi connectivity index (χ1) is 16.4. The Labute approximate surface area is 201 Å². The summed E-state index contributed by atoms with van der Waals surface area (Å²) in [5.74, 6) is 0. The summed E-state index contributed by atoms with van der Waals surface area (Å²) >= 11 is 0. The lowest BCUT2D eigenvalue weighted by Gasteiger charge is -2.35. The van der Waals surface area contributed by atoms with Crippen LogP contribution in [0, 0.1) is 0 Å². The Morgan fingerprint density at radius 3 is 0.818 bits per heavy atom. The van der Waals surface area contributed by atoms with Crippen LogP contribution in [0.3, 0.4) is 0 Å². The van der Waals surface area contributed by atoms with Crippen molar-refractivity contribution in [2.75, 3.05) is 0 Å². The molecule has 5 rings (SSSR count). The summed E-state index contributed by atoms with van der Waals surface area (Å²) in [7, 11) is -3.54. The van der Waals surface area contributed by atoms with E-state index < -0.39 is 23.9 Å². The van der Waals surface area contributed by atoms with Crippen LogP contribution in [0.4, 0.5) is 0 Å². The lowest BCUT2D eigenvalue weighted by Crippen LogP contribution is -2.53. The number of hydrogen-bond donors (Lipinski definition) is 0. The third-order valence-electron chi connectivity index (χ3n) is 6.07. The average Bonchev–Trinajstić information content (AvgIpc) is 2.91. The van der Waals surface area contributed by atoms with Gasteiger partial charge in [-0.2, -0.15) is 0 Å². The third kappa shape index (κ3) is 4.99. The summed E-state index contributed by atoms with van der Waals surface area (Å²) in [6, 6.07) is 56.8. The Kier molecular flexibility index (Phi) is 7.08. The molecular formula is C30H27PSi2. The van der Waals surface area contributed by atoms with E-state index >= 15 is 0 Å². The smallest absolute Gasteiger partial charge is 0.0859 e. The molecule has 0 atom stereocenters. The fourth-order valence-corrected chi connectivity index (χ4v) is 28.9. The van der Waals surface area contributed by atoms with Crippen molar-refractivity contribution in [3.8, 4) is 0 Å². The molecule has 0 fully saturated rings. The van der Waals surface area contributed by atoms with Crippen LogP contribution in [-0.4, -0.2) is 16.9 Å². The molecule has 0 saturated heterocycles. The summed E-state index contributed by atoms with van der Waals surface area (Å²) in [4.78, 5) is 0. The molecule has 0 aliphatic rings. The summed E-state index contributed by atoms with van der Waals surface area (Å²) < 4.78 is 0. The SMILES string of the molecule is c1ccc([SiH](c2ccccc2)P(c2ccccc2)[SiH](c2ccccc2)c2ccccc2)cc1. The highest BCUT2D eigenvalue weighted by atomic mass is 31.6. The molecule has 0 spiro atoms. The minimum atomic E-state index is -1.56. The maximum atomic E-state index is 2.39. The van der Waals surface area contributed by atoms with E-state index in [0.29, 0.717) is 0 Å². The van der Waals surface area contributed by atoms with Crippen molar-refractivity contribution >= 4 is 50.0 Å². The van der Waals surface area contributed by atoms with Crippen molar-refractivity contribution in [1.82, 2.24) is 0 Å². The van der Waals surface area contributed by atoms with Gasteiger partial charge in [0.25, 0.3) is 0 Å². The van der Waals surface area contributed by atoms with Crippen LogP contribution in [0.2, 0.25) is 0 Å². The van der Waals surface area contributed by atoms with Crippen LogP contribution in [0.25, 0.3) is 0 Å². The van der Waals surface area contributed by atoms with Crippen molar-refractivity contribution in [3.63, 3.8) is 0 Å². The lowest BCUT2D eigenvalue weighted by atomic mass is 10.4. The van der Waals surface area contributed by atoms with Crippen LogP contribution < -0.4 is 26.1 Å². The highest BCUT2D eigenvalue weighted by Gasteiger charge is 2.36. The zero-order valence-electron chi connectivity index (χ0n) is 18.5. The Hall–Kier alpha value is -3.04. The van der Waals surface area contributed by atoms with Crippen molar-refractivity contribution < 1.29 is 0 Å². The minimum absolute atomic E-state index is 0.410. The first-order valence-electron chi connectivity index (χ1n) is 11.4. The largest absolute Gasteiger partial charge is 0.129 e. The van der Waals surface area contributed by atoms with E-state index in [9.17, 15) is 0 Å². The second kappa shape index (κ2) is 10.7. The Morgan fingerprint density at radius 1 is 0.303 bits per heavy atom. The van der Waals surface area contributed by atoms with Crippen molar-refractivity contribution in [3.05, 3.63) is 152 Å². The number of rotatable bonds is 7. The molecule has 3 heteroatoms. The van der Waals surface area contributed by atoms with Crippen LogP contribution in [0.1, 0.15) is 0 Å². The van der Waals surface area contributed by atoms with Crippen LogP contribution >= 0.6 is 7.02 Å². The zero-order valence-corrected chi connectivity index (χ0v) is 21.7. The fourth-order valence-electron chi connectivity index (χ4n) is 4.62. The molecular weight excluding hydrogens is 447 g/mol. The van der Waals surface area contributed by atoms with E-state index in [0.717, 1.165) is 0 Å². The van der Waals surface area contributed by atoms with Gasteiger partial charge in [0.2, 0.25) is 0 Å². The molecule has 0 saturated carbocycles. The highest BCUT2D eigenvalue weighted by Crippen LogP contribution is 2.40. The van der Waals surface area contributed by atoms with Gasteiger partial charge in [-0.3, -0.25) is 0 Å². The molecule has 0 aromatic heterocycles. The van der Waals surface area contributed by atoms with E-state index in [-0.39, 0.29) is 0 Å². The maximum Gasteiger partial charge on any atom is 0.129 e. The standard InChI is InChI=1S/C30H27PSi2/c1-6-16-26(17-7-1)31(32(27-18-8-2-9-19-27)28-20-10-3-11-21-28)33(29-22-12-4-13-23-29)30-24-14-5-15-25-30/h1-25,32-33H. The molecule has 0 aliphatic carbocycles. The van der Waals surface area contributed by atoms with Gasteiger partial charge in [0.15, 0.2) is 0 Å². The Balaban J connectivity index is 1.79. The predicted octanol–water partition coefficient (Wildman–Crippen LogP) is 3.87. The second-order valence-corrected chi connectivity index (χ2v) is 22.0. The molecule has 5 aromatic carbocycles. The van der Waals surface area contributed by atoms with Crippen molar-refractivity contribution in [2.45, 2.75) is 0 Å². The molecule has 5 aromatic rings. The van der Waals surface area contributed by atoms with Crippen molar-refractivity contribution in [1.29, 1.82) is 0 Å². The molecule has 0 amide bonds. The quantitative estimate of drug-likeness (QED) is 0.248. The van der Waals surface area contributed by atoms with Gasteiger partial charge in [-0.25, -0.2) is 0 Å². The summed E-state index contributed by atoms with van der Waals surface area (Å²) in [5, 5.41) is 7.72. The lowest BCUT2D eigenvalue weighted by molar-refractivity contribution is 1.74. The Morgan fingerprint density at radius 2 is 0.545 bits per heavy atom. The Bertz CT molecular complexity index is 1090. The predicted molar refractivity (Wildman–Crippen MR) is 152 cm³/mol. The van der Waals surface area contributed by atoms with E-state index in [4.69, 9.17) is 0 Å². The van der Waals surface area contributed by atoms with Gasteiger partial charge in [0.05, 0.1) is 0 Å². The first kappa shape index (κ1) is 21.8. The maximum absolute atomic E-state index is 2.39. The van der Waals surface area contributed by atoms with Gasteiger partial charge in [0, 0.05) is 0 Å².